The summed E-state index contributed by atoms with van der Waals surface area (Å²) in [4.78, 5) is 17.0. The fourth-order valence-corrected chi connectivity index (χ4v) is 3.42. The van der Waals surface area contributed by atoms with E-state index in [9.17, 15) is 23.1 Å². The van der Waals surface area contributed by atoms with Gasteiger partial charge in [0.15, 0.2) is 0 Å². The molecular weight excluding hydrogens is 435 g/mol. The van der Waals surface area contributed by atoms with Gasteiger partial charge in [-0.05, 0) is 39.0 Å². The van der Waals surface area contributed by atoms with Crippen LogP contribution in [0.3, 0.4) is 0 Å². The van der Waals surface area contributed by atoms with Crippen molar-refractivity contribution in [2.24, 2.45) is 0 Å². The first kappa shape index (κ1) is 22.5. The van der Waals surface area contributed by atoms with Crippen LogP contribution in [0.5, 0.6) is 0 Å². The molecule has 0 aliphatic rings. The van der Waals surface area contributed by atoms with Crippen LogP contribution in [0, 0.1) is 24.4 Å². The normalized spacial score (nSPS) is 11.8. The van der Waals surface area contributed by atoms with Gasteiger partial charge in [0.05, 0.1) is 24.5 Å². The van der Waals surface area contributed by atoms with Crippen molar-refractivity contribution >= 4 is 0 Å². The fraction of sp³-hybridized carbons (Fsp3) is 0.261. The number of hydrogen-bond donors (Lipinski definition) is 1. The van der Waals surface area contributed by atoms with Gasteiger partial charge in [-0.25, -0.2) is 22.9 Å². The molecule has 0 saturated carbocycles. The lowest BCUT2D eigenvalue weighted by molar-refractivity contribution is 0.0741. The van der Waals surface area contributed by atoms with E-state index in [1.54, 1.807) is 31.5 Å². The zero-order valence-corrected chi connectivity index (χ0v) is 18.3. The molecule has 0 saturated heterocycles. The molecule has 2 aromatic heterocycles. The van der Waals surface area contributed by atoms with Gasteiger partial charge >= 0.3 is 5.69 Å². The van der Waals surface area contributed by atoms with Gasteiger partial charge in [0.2, 0.25) is 0 Å². The Morgan fingerprint density at radius 1 is 1.00 bits per heavy atom. The van der Waals surface area contributed by atoms with Crippen molar-refractivity contribution < 1.29 is 18.3 Å². The second kappa shape index (κ2) is 8.36. The van der Waals surface area contributed by atoms with Crippen LogP contribution < -0.4 is 5.69 Å². The Balaban J connectivity index is 1.59. The fourth-order valence-electron chi connectivity index (χ4n) is 3.42. The van der Waals surface area contributed by atoms with Crippen LogP contribution >= 0.6 is 0 Å². The van der Waals surface area contributed by atoms with E-state index in [4.69, 9.17) is 0 Å². The number of aromatic nitrogens is 5. The van der Waals surface area contributed by atoms with E-state index in [2.05, 4.69) is 10.1 Å². The van der Waals surface area contributed by atoms with Crippen LogP contribution in [0.2, 0.25) is 0 Å². The molecule has 0 unspecified atom stereocenters. The van der Waals surface area contributed by atoms with Gasteiger partial charge < -0.3 is 9.67 Å². The van der Waals surface area contributed by atoms with Gasteiger partial charge in [-0.1, -0.05) is 12.1 Å². The first-order valence-corrected chi connectivity index (χ1v) is 10.2. The van der Waals surface area contributed by atoms with Crippen molar-refractivity contribution in [2.75, 3.05) is 0 Å². The van der Waals surface area contributed by atoms with Crippen LogP contribution in [0.4, 0.5) is 13.2 Å². The molecule has 10 heteroatoms. The lowest BCUT2D eigenvalue weighted by Crippen LogP contribution is -2.24. The van der Waals surface area contributed by atoms with E-state index in [0.717, 1.165) is 27.7 Å². The van der Waals surface area contributed by atoms with E-state index in [0.29, 0.717) is 17.1 Å². The molecule has 2 heterocycles. The number of aryl methyl sites for hydroxylation is 1. The zero-order chi connectivity index (χ0) is 23.9. The molecule has 7 nitrogen and oxygen atoms in total. The third-order valence-corrected chi connectivity index (χ3v) is 5.35. The molecule has 0 radical (unpaired) electrons. The average molecular weight is 457 g/mol. The Morgan fingerprint density at radius 2 is 1.70 bits per heavy atom. The Bertz CT molecular complexity index is 1360. The number of halogens is 3. The Kier molecular flexibility index (Phi) is 5.71. The summed E-state index contributed by atoms with van der Waals surface area (Å²) in [5.74, 6) is -1.49. The lowest BCUT2D eigenvalue weighted by atomic mass is 10.1. The highest BCUT2D eigenvalue weighted by Gasteiger charge is 2.21. The first-order valence-electron chi connectivity index (χ1n) is 10.2. The summed E-state index contributed by atoms with van der Waals surface area (Å²) in [6.45, 7) is 4.82. The molecule has 2 aromatic carbocycles. The van der Waals surface area contributed by atoms with Crippen molar-refractivity contribution in [1.82, 2.24) is 23.9 Å². The highest BCUT2D eigenvalue weighted by molar-refractivity contribution is 5.35. The molecule has 172 valence electrons. The molecule has 4 aromatic rings. The Hall–Kier alpha value is -3.66. The van der Waals surface area contributed by atoms with Crippen molar-refractivity contribution in [3.63, 3.8) is 0 Å². The van der Waals surface area contributed by atoms with Gasteiger partial charge in [-0.2, -0.15) is 9.78 Å². The molecule has 0 bridgehead atoms. The predicted molar refractivity (Wildman–Crippen MR) is 115 cm³/mol. The highest BCUT2D eigenvalue weighted by Crippen LogP contribution is 2.21. The van der Waals surface area contributed by atoms with Gasteiger partial charge in [0.25, 0.3) is 0 Å². The summed E-state index contributed by atoms with van der Waals surface area (Å²) in [6.07, 6.45) is 2.81. The van der Waals surface area contributed by atoms with Crippen LogP contribution in [0.15, 0.2) is 53.7 Å². The summed E-state index contributed by atoms with van der Waals surface area (Å²) in [5, 5.41) is 14.1. The van der Waals surface area contributed by atoms with Crippen LogP contribution in [-0.4, -0.2) is 29.0 Å². The van der Waals surface area contributed by atoms with Crippen LogP contribution in [0.1, 0.15) is 36.5 Å². The van der Waals surface area contributed by atoms with E-state index in [-0.39, 0.29) is 24.3 Å². The standard InChI is InChI=1S/C23H22F3N5O2/c1-14-28-21(23(2,3)33)12-29(14)10-15-7-8-16(9-20(15)26)31-22(32)30(13-27-31)11-17-18(24)5-4-6-19(17)25/h4-9,12-13,33H,10-11H2,1-3H3. The number of aliphatic hydroxyl groups is 1. The minimum Gasteiger partial charge on any atom is -0.384 e. The highest BCUT2D eigenvalue weighted by atomic mass is 19.1. The molecule has 0 spiro atoms. The monoisotopic (exact) mass is 457 g/mol. The Labute approximate surface area is 187 Å². The van der Waals surface area contributed by atoms with E-state index >= 15 is 0 Å². The van der Waals surface area contributed by atoms with Crippen LogP contribution in [0.25, 0.3) is 5.69 Å². The minimum atomic E-state index is -1.12. The topological polar surface area (TPSA) is 77.9 Å². The first-order chi connectivity index (χ1) is 15.5. The second-order valence-corrected chi connectivity index (χ2v) is 8.29. The van der Waals surface area contributed by atoms with Gasteiger partial charge in [0.1, 0.15) is 35.2 Å². The number of nitrogens with zero attached hydrogens (tertiary/aromatic N) is 5. The van der Waals surface area contributed by atoms with Gasteiger partial charge in [-0.3, -0.25) is 4.57 Å². The third kappa shape index (κ3) is 4.47. The summed E-state index contributed by atoms with van der Waals surface area (Å²) in [7, 11) is 0. The summed E-state index contributed by atoms with van der Waals surface area (Å²) < 4.78 is 46.4. The number of imidazole rings is 1. The maximum Gasteiger partial charge on any atom is 0.350 e. The third-order valence-electron chi connectivity index (χ3n) is 5.35. The maximum absolute atomic E-state index is 14.9. The second-order valence-electron chi connectivity index (χ2n) is 8.29. The Morgan fingerprint density at radius 3 is 2.30 bits per heavy atom. The quantitative estimate of drug-likeness (QED) is 0.482. The molecule has 0 fully saturated rings. The van der Waals surface area contributed by atoms with Crippen molar-refractivity contribution in [3.05, 3.63) is 99.5 Å². The van der Waals surface area contributed by atoms with E-state index in [1.807, 2.05) is 0 Å². The smallest absolute Gasteiger partial charge is 0.350 e. The average Bonchev–Trinajstić information content (AvgIpc) is 3.29. The number of rotatable bonds is 6. The molecule has 0 aliphatic carbocycles. The molecule has 4 rings (SSSR count). The van der Waals surface area contributed by atoms with E-state index < -0.39 is 28.7 Å². The van der Waals surface area contributed by atoms with Crippen molar-refractivity contribution in [1.29, 1.82) is 0 Å². The van der Waals surface area contributed by atoms with Crippen molar-refractivity contribution in [3.8, 4) is 5.69 Å². The zero-order valence-electron chi connectivity index (χ0n) is 18.3. The summed E-state index contributed by atoms with van der Waals surface area (Å²) >= 11 is 0. The molecule has 0 aliphatic heterocycles. The SMILES string of the molecule is Cc1nc(C(C)(C)O)cn1Cc1ccc(-n2ncn(Cc3c(F)cccc3F)c2=O)cc1F. The predicted octanol–water partition coefficient (Wildman–Crippen LogP) is 3.28. The number of hydrogen-bond acceptors (Lipinski definition) is 4. The molecule has 0 atom stereocenters. The minimum absolute atomic E-state index is 0.175. The molecule has 0 amide bonds. The number of benzene rings is 2. The summed E-state index contributed by atoms with van der Waals surface area (Å²) in [5.41, 5.74) is -1.05. The largest absolute Gasteiger partial charge is 0.384 e. The van der Waals surface area contributed by atoms with Crippen molar-refractivity contribution in [2.45, 2.75) is 39.5 Å². The molecule has 33 heavy (non-hydrogen) atoms. The van der Waals surface area contributed by atoms with E-state index in [1.165, 1.54) is 24.3 Å². The lowest BCUT2D eigenvalue weighted by Gasteiger charge is -2.13. The van der Waals surface area contributed by atoms with Gasteiger partial charge in [0, 0.05) is 23.4 Å². The molecule has 1 N–H and O–H groups in total. The summed E-state index contributed by atoms with van der Waals surface area (Å²) in [6, 6.07) is 7.67. The molecular formula is C23H22F3N5O2. The van der Waals surface area contributed by atoms with Crippen LogP contribution in [-0.2, 0) is 18.7 Å². The maximum atomic E-state index is 14.9. The van der Waals surface area contributed by atoms with Gasteiger partial charge in [-0.15, -0.1) is 0 Å².